The van der Waals surface area contributed by atoms with Crippen LogP contribution in [-0.4, -0.2) is 38.7 Å². The van der Waals surface area contributed by atoms with E-state index in [0.717, 1.165) is 78.4 Å². The molecule has 1 amide bonds. The Balaban J connectivity index is 1.63. The Bertz CT molecular complexity index is 1090. The van der Waals surface area contributed by atoms with E-state index in [9.17, 15) is 14.9 Å². The van der Waals surface area contributed by atoms with Crippen molar-refractivity contribution in [1.82, 2.24) is 14.5 Å². The summed E-state index contributed by atoms with van der Waals surface area (Å²) in [6.07, 6.45) is 8.76. The first-order valence-electron chi connectivity index (χ1n) is 11.2. The molecule has 2 saturated carbocycles. The number of fused-ring (bicyclic) bond motifs is 1. The van der Waals surface area contributed by atoms with E-state index < -0.39 is 5.54 Å². The summed E-state index contributed by atoms with van der Waals surface area (Å²) >= 11 is 2.89. The van der Waals surface area contributed by atoms with Gasteiger partial charge in [0.05, 0.1) is 17.2 Å². The van der Waals surface area contributed by atoms with Gasteiger partial charge in [-0.15, -0.1) is 11.3 Å². The molecule has 0 aliphatic heterocycles. The molecule has 6 nitrogen and oxygen atoms in total. The maximum absolute atomic E-state index is 13.5. The predicted octanol–water partition coefficient (Wildman–Crippen LogP) is 4.97. The molecule has 2 aromatic rings. The molecule has 0 aromatic carbocycles. The number of rotatable bonds is 5. The second-order valence-electron chi connectivity index (χ2n) is 8.92. The number of nitriles is 1. The third-order valence-corrected chi connectivity index (χ3v) is 9.16. The van der Waals surface area contributed by atoms with Crippen molar-refractivity contribution in [2.75, 3.05) is 12.8 Å². The van der Waals surface area contributed by atoms with Gasteiger partial charge in [-0.2, -0.15) is 5.26 Å². The first-order valence-corrected chi connectivity index (χ1v) is 13.0. The number of aryl methyl sites for hydroxylation is 2. The Morgan fingerprint density at radius 2 is 1.94 bits per heavy atom. The first kappa shape index (κ1) is 22.3. The molecule has 0 unspecified atom stereocenters. The summed E-state index contributed by atoms with van der Waals surface area (Å²) in [4.78, 5) is 34.9. The summed E-state index contributed by atoms with van der Waals surface area (Å²) in [6.45, 7) is 4.02. The molecule has 0 saturated heterocycles. The van der Waals surface area contributed by atoms with Crippen LogP contribution < -0.4 is 5.56 Å². The molecule has 2 heterocycles. The van der Waals surface area contributed by atoms with Crippen molar-refractivity contribution in [1.29, 1.82) is 5.26 Å². The molecule has 2 aromatic heterocycles. The molecule has 4 rings (SSSR count). The number of hydrogen-bond acceptors (Lipinski definition) is 6. The predicted molar refractivity (Wildman–Crippen MR) is 126 cm³/mol. The summed E-state index contributed by atoms with van der Waals surface area (Å²) in [5, 5.41) is 11.2. The van der Waals surface area contributed by atoms with Crippen LogP contribution in [0, 0.1) is 25.2 Å². The normalized spacial score (nSPS) is 18.9. The fraction of sp³-hybridized carbons (Fsp3) is 0.652. The second-order valence-corrected chi connectivity index (χ2v) is 11.1. The fourth-order valence-electron chi connectivity index (χ4n) is 4.99. The molecule has 0 N–H and O–H groups in total. The monoisotopic (exact) mass is 458 g/mol. The third kappa shape index (κ3) is 4.03. The Labute approximate surface area is 191 Å². The van der Waals surface area contributed by atoms with E-state index in [1.807, 2.05) is 18.4 Å². The molecule has 2 fully saturated rings. The Kier molecular flexibility index (Phi) is 6.45. The van der Waals surface area contributed by atoms with Gasteiger partial charge in [0.1, 0.15) is 10.4 Å². The summed E-state index contributed by atoms with van der Waals surface area (Å²) < 4.78 is 1.85. The summed E-state index contributed by atoms with van der Waals surface area (Å²) in [5.74, 6) is 0.118. The van der Waals surface area contributed by atoms with Crippen molar-refractivity contribution in [3.05, 3.63) is 20.8 Å². The standard InChI is InChI=1S/C23H30N4O2S2/c1-15-16(2)31-20-19(15)21(29)27(17-9-5-6-10-17)22(25-20)30-13-18(28)26(3)23(14-24)11-7-4-8-12-23/h17H,4-13H2,1-3H3. The minimum atomic E-state index is -0.694. The Hall–Kier alpha value is -1.85. The van der Waals surface area contributed by atoms with E-state index in [4.69, 9.17) is 4.98 Å². The molecule has 2 aliphatic rings. The van der Waals surface area contributed by atoms with Crippen LogP contribution in [-0.2, 0) is 4.79 Å². The number of amides is 1. The Morgan fingerprint density at radius 3 is 2.58 bits per heavy atom. The van der Waals surface area contributed by atoms with Crippen LogP contribution in [0.1, 0.15) is 74.3 Å². The fourth-order valence-corrected chi connectivity index (χ4v) is 7.05. The SMILES string of the molecule is Cc1sc2nc(SCC(=O)N(C)C3(C#N)CCCCC3)n(C3CCCC3)c(=O)c2c1C. The van der Waals surface area contributed by atoms with Gasteiger partial charge in [-0.3, -0.25) is 14.2 Å². The molecule has 0 bridgehead atoms. The number of carbonyl (C=O) groups is 1. The van der Waals surface area contributed by atoms with E-state index in [2.05, 4.69) is 6.07 Å². The van der Waals surface area contributed by atoms with Gasteiger partial charge in [-0.1, -0.05) is 43.9 Å². The van der Waals surface area contributed by atoms with Gasteiger partial charge in [0.2, 0.25) is 5.91 Å². The Morgan fingerprint density at radius 1 is 1.26 bits per heavy atom. The lowest BCUT2D eigenvalue weighted by Crippen LogP contribution is -2.50. The van der Waals surface area contributed by atoms with Gasteiger partial charge in [-0.25, -0.2) is 4.98 Å². The number of nitrogens with zero attached hydrogens (tertiary/aromatic N) is 4. The quantitative estimate of drug-likeness (QED) is 0.467. The van der Waals surface area contributed by atoms with Crippen LogP contribution in [0.4, 0.5) is 0 Å². The highest BCUT2D eigenvalue weighted by Gasteiger charge is 2.38. The lowest BCUT2D eigenvalue weighted by Gasteiger charge is -2.39. The molecule has 0 atom stereocenters. The van der Waals surface area contributed by atoms with Crippen LogP contribution in [0.15, 0.2) is 9.95 Å². The molecule has 0 spiro atoms. The van der Waals surface area contributed by atoms with Crippen molar-refractivity contribution in [3.8, 4) is 6.07 Å². The lowest BCUT2D eigenvalue weighted by molar-refractivity contribution is -0.131. The third-order valence-electron chi connectivity index (χ3n) is 7.12. The highest BCUT2D eigenvalue weighted by Crippen LogP contribution is 2.36. The highest BCUT2D eigenvalue weighted by atomic mass is 32.2. The largest absolute Gasteiger partial charge is 0.326 e. The van der Waals surface area contributed by atoms with Crippen LogP contribution in [0.5, 0.6) is 0 Å². The number of thioether (sulfide) groups is 1. The van der Waals surface area contributed by atoms with E-state index in [0.29, 0.717) is 5.16 Å². The van der Waals surface area contributed by atoms with Crippen molar-refractivity contribution in [2.24, 2.45) is 0 Å². The van der Waals surface area contributed by atoms with Gasteiger partial charge in [0.15, 0.2) is 5.16 Å². The number of carbonyl (C=O) groups excluding carboxylic acids is 1. The van der Waals surface area contributed by atoms with E-state index in [1.54, 1.807) is 23.3 Å². The zero-order chi connectivity index (χ0) is 22.2. The van der Waals surface area contributed by atoms with E-state index in [-0.39, 0.29) is 23.3 Å². The van der Waals surface area contributed by atoms with E-state index >= 15 is 0 Å². The second kappa shape index (κ2) is 8.95. The zero-order valence-electron chi connectivity index (χ0n) is 18.6. The van der Waals surface area contributed by atoms with Gasteiger partial charge in [0.25, 0.3) is 5.56 Å². The number of hydrogen-bond donors (Lipinski definition) is 0. The van der Waals surface area contributed by atoms with Gasteiger partial charge in [-0.05, 0) is 45.1 Å². The van der Waals surface area contributed by atoms with Crippen molar-refractivity contribution >= 4 is 39.2 Å². The number of aromatic nitrogens is 2. The van der Waals surface area contributed by atoms with Crippen molar-refractivity contribution < 1.29 is 4.79 Å². The molecule has 2 aliphatic carbocycles. The van der Waals surface area contributed by atoms with Gasteiger partial charge < -0.3 is 4.90 Å². The first-order chi connectivity index (χ1) is 14.9. The molecular weight excluding hydrogens is 428 g/mol. The minimum absolute atomic E-state index is 0.0304. The van der Waals surface area contributed by atoms with Crippen LogP contribution in [0.25, 0.3) is 10.2 Å². The summed E-state index contributed by atoms with van der Waals surface area (Å²) in [5.41, 5.74) is 0.355. The smallest absolute Gasteiger partial charge is 0.263 e. The van der Waals surface area contributed by atoms with Crippen molar-refractivity contribution in [3.63, 3.8) is 0 Å². The average molecular weight is 459 g/mol. The van der Waals surface area contributed by atoms with E-state index in [1.165, 1.54) is 11.8 Å². The molecule has 31 heavy (non-hydrogen) atoms. The maximum Gasteiger partial charge on any atom is 0.263 e. The van der Waals surface area contributed by atoms with Crippen molar-refractivity contribution in [2.45, 2.75) is 88.4 Å². The van der Waals surface area contributed by atoms with Crippen LogP contribution in [0.3, 0.4) is 0 Å². The topological polar surface area (TPSA) is 79.0 Å². The average Bonchev–Trinajstić information content (AvgIpc) is 3.40. The minimum Gasteiger partial charge on any atom is -0.326 e. The zero-order valence-corrected chi connectivity index (χ0v) is 20.2. The van der Waals surface area contributed by atoms with Gasteiger partial charge >= 0.3 is 0 Å². The molecule has 0 radical (unpaired) electrons. The lowest BCUT2D eigenvalue weighted by atomic mass is 9.81. The highest BCUT2D eigenvalue weighted by molar-refractivity contribution is 7.99. The number of thiophene rings is 1. The summed E-state index contributed by atoms with van der Waals surface area (Å²) in [6, 6.07) is 2.58. The molecular formula is C23H30N4O2S2. The van der Waals surface area contributed by atoms with Gasteiger partial charge in [0, 0.05) is 18.0 Å². The maximum atomic E-state index is 13.5. The van der Waals surface area contributed by atoms with Crippen LogP contribution in [0.2, 0.25) is 0 Å². The molecule has 8 heteroatoms. The summed E-state index contributed by atoms with van der Waals surface area (Å²) in [7, 11) is 1.75. The van der Waals surface area contributed by atoms with Crippen LogP contribution >= 0.6 is 23.1 Å². The molecule has 166 valence electrons.